The second-order valence-electron chi connectivity index (χ2n) is 6.36. The fraction of sp³-hybridized carbons (Fsp3) is 0.190. The minimum atomic E-state index is -0.404. The van der Waals surface area contributed by atoms with Crippen molar-refractivity contribution < 1.29 is 19.1 Å². The van der Waals surface area contributed by atoms with Gasteiger partial charge < -0.3 is 15.4 Å². The van der Waals surface area contributed by atoms with E-state index in [1.54, 1.807) is 49.4 Å². The lowest BCUT2D eigenvalue weighted by atomic mass is 10.2. The van der Waals surface area contributed by atoms with Crippen LogP contribution in [-0.2, 0) is 14.3 Å². The first-order valence-electron chi connectivity index (χ1n) is 9.45. The van der Waals surface area contributed by atoms with Gasteiger partial charge in [0, 0.05) is 23.9 Å². The van der Waals surface area contributed by atoms with Gasteiger partial charge >= 0.3 is 5.97 Å². The first-order valence-corrected chi connectivity index (χ1v) is 10.4. The molecular formula is C21H21N5O4S. The van der Waals surface area contributed by atoms with Crippen LogP contribution in [0, 0.1) is 0 Å². The molecule has 160 valence electrons. The van der Waals surface area contributed by atoms with Gasteiger partial charge in [-0.15, -0.1) is 5.10 Å². The van der Waals surface area contributed by atoms with Crippen LogP contribution in [0.3, 0.4) is 0 Å². The van der Waals surface area contributed by atoms with Crippen LogP contribution in [0.15, 0.2) is 53.7 Å². The lowest BCUT2D eigenvalue weighted by molar-refractivity contribution is -0.114. The Kier molecular flexibility index (Phi) is 7.39. The molecule has 0 atom stereocenters. The second-order valence-corrected chi connectivity index (χ2v) is 7.31. The molecule has 0 aliphatic carbocycles. The summed E-state index contributed by atoms with van der Waals surface area (Å²) < 4.78 is 4.93. The fourth-order valence-corrected chi connectivity index (χ4v) is 3.22. The monoisotopic (exact) mass is 439 g/mol. The van der Waals surface area contributed by atoms with E-state index in [1.807, 2.05) is 6.07 Å². The molecule has 0 unspecified atom stereocenters. The molecule has 1 heterocycles. The Morgan fingerprint density at radius 1 is 1.06 bits per heavy atom. The normalized spacial score (nSPS) is 10.4. The highest BCUT2D eigenvalue weighted by atomic mass is 32.2. The number of aromatic amines is 1. The van der Waals surface area contributed by atoms with Crippen LogP contribution >= 0.6 is 11.8 Å². The Hall–Kier alpha value is -3.66. The smallest absolute Gasteiger partial charge is 0.338 e. The molecular weight excluding hydrogens is 418 g/mol. The summed E-state index contributed by atoms with van der Waals surface area (Å²) in [6.45, 7) is 3.48. The van der Waals surface area contributed by atoms with Crippen molar-refractivity contribution in [2.75, 3.05) is 23.0 Å². The predicted molar refractivity (Wildman–Crippen MR) is 118 cm³/mol. The van der Waals surface area contributed by atoms with Crippen molar-refractivity contribution in [3.8, 4) is 11.4 Å². The topological polar surface area (TPSA) is 126 Å². The summed E-state index contributed by atoms with van der Waals surface area (Å²) in [5.41, 5.74) is 2.41. The molecule has 31 heavy (non-hydrogen) atoms. The lowest BCUT2D eigenvalue weighted by Crippen LogP contribution is -2.14. The SMILES string of the molecule is CCOC(=O)c1ccc(NC(=O)CSc2n[nH]c(-c3cccc(NC(C)=O)c3)n2)cc1. The van der Waals surface area contributed by atoms with E-state index >= 15 is 0 Å². The number of amides is 2. The quantitative estimate of drug-likeness (QED) is 0.363. The molecule has 0 saturated heterocycles. The van der Waals surface area contributed by atoms with Crippen molar-refractivity contribution in [3.63, 3.8) is 0 Å². The number of rotatable bonds is 8. The highest BCUT2D eigenvalue weighted by Gasteiger charge is 2.11. The molecule has 0 radical (unpaired) electrons. The predicted octanol–water partition coefficient (Wildman–Crippen LogP) is 3.34. The van der Waals surface area contributed by atoms with Crippen molar-refractivity contribution in [1.82, 2.24) is 15.2 Å². The molecule has 2 amide bonds. The van der Waals surface area contributed by atoms with E-state index in [2.05, 4.69) is 25.8 Å². The van der Waals surface area contributed by atoms with Crippen molar-refractivity contribution in [2.45, 2.75) is 19.0 Å². The number of carbonyl (C=O) groups is 3. The molecule has 0 saturated carbocycles. The summed E-state index contributed by atoms with van der Waals surface area (Å²) in [6.07, 6.45) is 0. The van der Waals surface area contributed by atoms with E-state index < -0.39 is 5.97 Å². The summed E-state index contributed by atoms with van der Waals surface area (Å²) in [7, 11) is 0. The highest BCUT2D eigenvalue weighted by molar-refractivity contribution is 7.99. The van der Waals surface area contributed by atoms with Gasteiger partial charge in [-0.2, -0.15) is 0 Å². The third-order valence-corrected chi connectivity index (χ3v) is 4.78. The van der Waals surface area contributed by atoms with Crippen LogP contribution in [0.1, 0.15) is 24.2 Å². The van der Waals surface area contributed by atoms with E-state index in [1.165, 1.54) is 18.7 Å². The molecule has 2 aromatic carbocycles. The van der Waals surface area contributed by atoms with Crippen molar-refractivity contribution in [2.24, 2.45) is 0 Å². The molecule has 0 spiro atoms. The molecule has 0 bridgehead atoms. The number of hydrogen-bond acceptors (Lipinski definition) is 7. The number of nitrogens with one attached hydrogen (secondary N) is 3. The second kappa shape index (κ2) is 10.4. The summed E-state index contributed by atoms with van der Waals surface area (Å²) in [4.78, 5) is 39.5. The number of thioether (sulfide) groups is 1. The molecule has 10 heteroatoms. The number of ether oxygens (including phenoxy) is 1. The summed E-state index contributed by atoms with van der Waals surface area (Å²) >= 11 is 1.18. The van der Waals surface area contributed by atoms with Crippen molar-refractivity contribution >= 4 is 40.9 Å². The van der Waals surface area contributed by atoms with Crippen molar-refractivity contribution in [1.29, 1.82) is 0 Å². The van der Waals surface area contributed by atoms with Crippen LogP contribution in [0.25, 0.3) is 11.4 Å². The molecule has 0 aliphatic heterocycles. The van der Waals surface area contributed by atoms with Crippen LogP contribution in [0.4, 0.5) is 11.4 Å². The van der Waals surface area contributed by atoms with Gasteiger partial charge in [-0.25, -0.2) is 9.78 Å². The zero-order chi connectivity index (χ0) is 22.2. The summed E-state index contributed by atoms with van der Waals surface area (Å²) in [6, 6.07) is 13.7. The Balaban J connectivity index is 1.54. The minimum absolute atomic E-state index is 0.114. The van der Waals surface area contributed by atoms with Crippen LogP contribution in [0.2, 0.25) is 0 Å². The third kappa shape index (κ3) is 6.41. The largest absolute Gasteiger partial charge is 0.462 e. The number of benzene rings is 2. The van der Waals surface area contributed by atoms with Crippen molar-refractivity contribution in [3.05, 3.63) is 54.1 Å². The molecule has 3 aromatic rings. The Morgan fingerprint density at radius 2 is 1.84 bits per heavy atom. The van der Waals surface area contributed by atoms with Crippen LogP contribution in [-0.4, -0.2) is 45.3 Å². The van der Waals surface area contributed by atoms with Gasteiger partial charge in [-0.05, 0) is 43.3 Å². The molecule has 3 rings (SSSR count). The third-order valence-electron chi connectivity index (χ3n) is 3.93. The van der Waals surface area contributed by atoms with Gasteiger partial charge in [0.25, 0.3) is 0 Å². The van der Waals surface area contributed by atoms with Gasteiger partial charge in [-0.1, -0.05) is 23.9 Å². The van der Waals surface area contributed by atoms with Gasteiger partial charge in [0.1, 0.15) is 0 Å². The van der Waals surface area contributed by atoms with E-state index in [0.717, 1.165) is 5.56 Å². The maximum absolute atomic E-state index is 12.2. The first-order chi connectivity index (χ1) is 14.9. The molecule has 0 aliphatic rings. The number of aromatic nitrogens is 3. The first kappa shape index (κ1) is 22.0. The maximum atomic E-state index is 12.2. The number of anilines is 2. The fourth-order valence-electron chi connectivity index (χ4n) is 2.62. The number of carbonyl (C=O) groups excluding carboxylic acids is 3. The number of hydrogen-bond donors (Lipinski definition) is 3. The molecule has 9 nitrogen and oxygen atoms in total. The Bertz CT molecular complexity index is 1080. The Labute approximate surface area is 183 Å². The minimum Gasteiger partial charge on any atom is -0.462 e. The van der Waals surface area contributed by atoms with E-state index in [9.17, 15) is 14.4 Å². The van der Waals surface area contributed by atoms with E-state index in [-0.39, 0.29) is 17.6 Å². The van der Waals surface area contributed by atoms with Crippen LogP contribution in [0.5, 0.6) is 0 Å². The van der Waals surface area contributed by atoms with E-state index in [0.29, 0.717) is 34.5 Å². The van der Waals surface area contributed by atoms with Crippen LogP contribution < -0.4 is 10.6 Å². The summed E-state index contributed by atoms with van der Waals surface area (Å²) in [5, 5.41) is 12.8. The molecule has 3 N–H and O–H groups in total. The zero-order valence-electron chi connectivity index (χ0n) is 17.0. The highest BCUT2D eigenvalue weighted by Crippen LogP contribution is 2.22. The standard InChI is InChI=1S/C21H21N5O4S/c1-3-30-20(29)14-7-9-16(10-8-14)23-18(28)12-31-21-24-19(25-26-21)15-5-4-6-17(11-15)22-13(2)27/h4-11H,3,12H2,1-2H3,(H,22,27)(H,23,28)(H,24,25,26). The number of esters is 1. The molecule has 0 fully saturated rings. The van der Waals surface area contributed by atoms with E-state index in [4.69, 9.17) is 4.74 Å². The number of H-pyrrole nitrogens is 1. The average Bonchev–Trinajstić information content (AvgIpc) is 3.22. The lowest BCUT2D eigenvalue weighted by Gasteiger charge is -2.06. The zero-order valence-corrected chi connectivity index (χ0v) is 17.8. The summed E-state index contributed by atoms with van der Waals surface area (Å²) in [5.74, 6) is -0.146. The number of nitrogens with zero attached hydrogens (tertiary/aromatic N) is 2. The molecule has 1 aromatic heterocycles. The van der Waals surface area contributed by atoms with Gasteiger partial charge in [-0.3, -0.25) is 14.7 Å². The maximum Gasteiger partial charge on any atom is 0.338 e. The van der Waals surface area contributed by atoms with Gasteiger partial charge in [0.15, 0.2) is 5.82 Å². The van der Waals surface area contributed by atoms with Gasteiger partial charge in [0.2, 0.25) is 17.0 Å². The Morgan fingerprint density at radius 3 is 2.55 bits per heavy atom. The van der Waals surface area contributed by atoms with Gasteiger partial charge in [0.05, 0.1) is 17.9 Å². The average molecular weight is 439 g/mol.